The van der Waals surface area contributed by atoms with Crippen LogP contribution in [0.2, 0.25) is 5.02 Å². The Balaban J connectivity index is 0.00000208. The fourth-order valence-electron chi connectivity index (χ4n) is 2.42. The first-order valence-electron chi connectivity index (χ1n) is 7.46. The fraction of sp³-hybridized carbons (Fsp3) is 0.158. The molecule has 3 rings (SSSR count). The van der Waals surface area contributed by atoms with E-state index in [0.29, 0.717) is 11.6 Å². The summed E-state index contributed by atoms with van der Waals surface area (Å²) >= 11 is 9.69. The molecule has 0 saturated heterocycles. The van der Waals surface area contributed by atoms with E-state index in [0.717, 1.165) is 21.6 Å². The second kappa shape index (κ2) is 8.72. The lowest BCUT2D eigenvalue weighted by Crippen LogP contribution is -2.17. The molecule has 3 aromatic rings. The van der Waals surface area contributed by atoms with Crippen LogP contribution in [-0.4, -0.2) is 0 Å². The molecule has 1 N–H and O–H groups in total. The van der Waals surface area contributed by atoms with Crippen LogP contribution in [0.3, 0.4) is 0 Å². The Morgan fingerprint density at radius 2 is 1.83 bits per heavy atom. The Kier molecular flexibility index (Phi) is 6.93. The standard InChI is InChI=1S/C19H17BrClNO.ClH/c1-13(14-5-3-2-4-6-14)22-12-16-8-10-19(23-16)17-9-7-15(20)11-18(17)21;/h2-11,13,22H,12H2,1H3;1H. The number of hydrogen-bond acceptors (Lipinski definition) is 2. The van der Waals surface area contributed by atoms with Crippen molar-refractivity contribution >= 4 is 39.9 Å². The average molecular weight is 427 g/mol. The lowest BCUT2D eigenvalue weighted by molar-refractivity contribution is 0.468. The molecule has 0 saturated carbocycles. The van der Waals surface area contributed by atoms with Crippen LogP contribution in [0.1, 0.15) is 24.3 Å². The van der Waals surface area contributed by atoms with Gasteiger partial charge in [0.15, 0.2) is 0 Å². The second-order valence-electron chi connectivity index (χ2n) is 5.40. The summed E-state index contributed by atoms with van der Waals surface area (Å²) in [5.41, 5.74) is 2.16. The molecule has 1 heterocycles. The van der Waals surface area contributed by atoms with Gasteiger partial charge in [0.05, 0.1) is 11.6 Å². The first-order chi connectivity index (χ1) is 11.1. The topological polar surface area (TPSA) is 25.2 Å². The minimum Gasteiger partial charge on any atom is -0.460 e. The van der Waals surface area contributed by atoms with Gasteiger partial charge in [0.25, 0.3) is 0 Å². The lowest BCUT2D eigenvalue weighted by atomic mass is 10.1. The predicted molar refractivity (Wildman–Crippen MR) is 106 cm³/mol. The summed E-state index contributed by atoms with van der Waals surface area (Å²) in [4.78, 5) is 0. The molecule has 0 amide bonds. The minimum absolute atomic E-state index is 0. The van der Waals surface area contributed by atoms with E-state index >= 15 is 0 Å². The Labute approximate surface area is 161 Å². The molecular weight excluding hydrogens is 409 g/mol. The summed E-state index contributed by atoms with van der Waals surface area (Å²) in [5, 5.41) is 4.14. The zero-order valence-corrected chi connectivity index (χ0v) is 16.3. The SMILES string of the molecule is CC(NCc1ccc(-c2ccc(Br)cc2Cl)o1)c1ccccc1.Cl. The molecule has 0 bridgehead atoms. The third-order valence-corrected chi connectivity index (χ3v) is 4.55. The van der Waals surface area contributed by atoms with Gasteiger partial charge in [-0.1, -0.05) is 57.9 Å². The van der Waals surface area contributed by atoms with E-state index in [1.165, 1.54) is 5.56 Å². The minimum atomic E-state index is 0. The van der Waals surface area contributed by atoms with Crippen molar-refractivity contribution in [1.29, 1.82) is 0 Å². The Bertz CT molecular complexity index is 789. The Morgan fingerprint density at radius 3 is 2.54 bits per heavy atom. The first kappa shape index (κ1) is 19.1. The van der Waals surface area contributed by atoms with E-state index in [9.17, 15) is 0 Å². The van der Waals surface area contributed by atoms with Gasteiger partial charge in [-0.25, -0.2) is 0 Å². The smallest absolute Gasteiger partial charge is 0.135 e. The highest BCUT2D eigenvalue weighted by molar-refractivity contribution is 9.10. The molecule has 2 aromatic carbocycles. The van der Waals surface area contributed by atoms with Gasteiger partial charge < -0.3 is 9.73 Å². The summed E-state index contributed by atoms with van der Waals surface area (Å²) in [6, 6.07) is 20.3. The zero-order chi connectivity index (χ0) is 16.2. The normalized spacial score (nSPS) is 11.8. The van der Waals surface area contributed by atoms with E-state index in [2.05, 4.69) is 40.3 Å². The van der Waals surface area contributed by atoms with Crippen molar-refractivity contribution in [2.75, 3.05) is 0 Å². The van der Waals surface area contributed by atoms with Crippen molar-refractivity contribution in [3.05, 3.63) is 81.5 Å². The van der Waals surface area contributed by atoms with Gasteiger partial charge in [-0.2, -0.15) is 0 Å². The highest BCUT2D eigenvalue weighted by Gasteiger charge is 2.10. The molecule has 0 radical (unpaired) electrons. The summed E-state index contributed by atoms with van der Waals surface area (Å²) in [6.07, 6.45) is 0. The Hall–Kier alpha value is -1.26. The van der Waals surface area contributed by atoms with Crippen LogP contribution in [-0.2, 0) is 6.54 Å². The van der Waals surface area contributed by atoms with E-state index in [1.807, 2.05) is 48.5 Å². The average Bonchev–Trinajstić information content (AvgIpc) is 3.02. The quantitative estimate of drug-likeness (QED) is 0.494. The first-order valence-corrected chi connectivity index (χ1v) is 8.63. The highest BCUT2D eigenvalue weighted by atomic mass is 79.9. The summed E-state index contributed by atoms with van der Waals surface area (Å²) in [7, 11) is 0. The molecule has 0 spiro atoms. The zero-order valence-electron chi connectivity index (χ0n) is 13.1. The van der Waals surface area contributed by atoms with Crippen LogP contribution < -0.4 is 5.32 Å². The van der Waals surface area contributed by atoms with Crippen molar-refractivity contribution in [1.82, 2.24) is 5.32 Å². The molecule has 2 nitrogen and oxygen atoms in total. The van der Waals surface area contributed by atoms with E-state index in [4.69, 9.17) is 16.0 Å². The van der Waals surface area contributed by atoms with Crippen LogP contribution in [0.5, 0.6) is 0 Å². The molecule has 1 atom stereocenters. The van der Waals surface area contributed by atoms with Crippen LogP contribution in [0.25, 0.3) is 11.3 Å². The second-order valence-corrected chi connectivity index (χ2v) is 6.73. The molecule has 5 heteroatoms. The maximum absolute atomic E-state index is 6.28. The molecule has 24 heavy (non-hydrogen) atoms. The summed E-state index contributed by atoms with van der Waals surface area (Å²) in [6.45, 7) is 2.81. The van der Waals surface area contributed by atoms with Gasteiger partial charge in [-0.15, -0.1) is 12.4 Å². The van der Waals surface area contributed by atoms with Crippen molar-refractivity contribution < 1.29 is 4.42 Å². The third-order valence-electron chi connectivity index (χ3n) is 3.74. The van der Waals surface area contributed by atoms with Gasteiger partial charge in [0.1, 0.15) is 11.5 Å². The monoisotopic (exact) mass is 425 g/mol. The van der Waals surface area contributed by atoms with Crippen LogP contribution >= 0.6 is 39.9 Å². The van der Waals surface area contributed by atoms with Crippen molar-refractivity contribution in [3.63, 3.8) is 0 Å². The molecule has 0 aliphatic carbocycles. The van der Waals surface area contributed by atoms with Crippen LogP contribution in [0.4, 0.5) is 0 Å². The van der Waals surface area contributed by atoms with Crippen molar-refractivity contribution in [2.24, 2.45) is 0 Å². The number of nitrogens with one attached hydrogen (secondary N) is 1. The largest absolute Gasteiger partial charge is 0.460 e. The van der Waals surface area contributed by atoms with Crippen molar-refractivity contribution in [2.45, 2.75) is 19.5 Å². The molecule has 1 aromatic heterocycles. The van der Waals surface area contributed by atoms with Crippen LogP contribution in [0, 0.1) is 0 Å². The van der Waals surface area contributed by atoms with E-state index in [-0.39, 0.29) is 18.4 Å². The number of furan rings is 1. The maximum Gasteiger partial charge on any atom is 0.135 e. The molecule has 0 fully saturated rings. The van der Waals surface area contributed by atoms with Gasteiger partial charge in [-0.05, 0) is 42.8 Å². The predicted octanol–water partition coefficient (Wildman–Crippen LogP) is 6.64. The van der Waals surface area contributed by atoms with Gasteiger partial charge >= 0.3 is 0 Å². The van der Waals surface area contributed by atoms with Gasteiger partial charge in [0, 0.05) is 16.1 Å². The fourth-order valence-corrected chi connectivity index (χ4v) is 3.19. The van der Waals surface area contributed by atoms with E-state index < -0.39 is 0 Å². The molecule has 0 aliphatic rings. The third kappa shape index (κ3) is 4.64. The molecule has 126 valence electrons. The number of halogens is 3. The highest BCUT2D eigenvalue weighted by Crippen LogP contribution is 2.31. The van der Waals surface area contributed by atoms with Gasteiger partial charge in [0.2, 0.25) is 0 Å². The lowest BCUT2D eigenvalue weighted by Gasteiger charge is -2.13. The Morgan fingerprint density at radius 1 is 1.08 bits per heavy atom. The summed E-state index contributed by atoms with van der Waals surface area (Å²) < 4.78 is 6.87. The molecule has 0 aliphatic heterocycles. The number of benzene rings is 2. The van der Waals surface area contributed by atoms with Gasteiger partial charge in [-0.3, -0.25) is 0 Å². The van der Waals surface area contributed by atoms with Crippen molar-refractivity contribution in [3.8, 4) is 11.3 Å². The van der Waals surface area contributed by atoms with E-state index in [1.54, 1.807) is 0 Å². The molecular formula is C19H18BrCl2NO. The summed E-state index contributed by atoms with van der Waals surface area (Å²) in [5.74, 6) is 1.67. The number of hydrogen-bond donors (Lipinski definition) is 1. The van der Waals surface area contributed by atoms with Crippen LogP contribution in [0.15, 0.2) is 69.6 Å². The molecule has 1 unspecified atom stereocenters. The maximum atomic E-state index is 6.28. The number of rotatable bonds is 5.